The third-order valence-electron chi connectivity index (χ3n) is 0. The molecule has 0 saturated carbocycles. The van der Waals surface area contributed by atoms with Crippen molar-refractivity contribution in [2.45, 2.75) is 0 Å². The van der Waals surface area contributed by atoms with Gasteiger partial charge >= 0.3 is 0 Å². The van der Waals surface area contributed by atoms with Gasteiger partial charge in [-0.2, -0.15) is 0 Å². The van der Waals surface area contributed by atoms with Gasteiger partial charge in [0.05, 0.1) is 0 Å². The monoisotopic (exact) mass is 295 g/mol. The number of hydrogen-bond donors (Lipinski definition) is 0. The second-order valence-electron chi connectivity index (χ2n) is 0. The molecule has 0 aliphatic heterocycles. The van der Waals surface area contributed by atoms with Gasteiger partial charge in [-0.1, -0.05) is 0 Å². The molecule has 0 aromatic carbocycles. The predicted octanol–water partition coefficient (Wildman–Crippen LogP) is -4.50. The molecule has 0 aromatic heterocycles. The first-order valence-electron chi connectivity index (χ1n) is 0. The Hall–Kier alpha value is 0.722. The Bertz CT molecular complexity index is 3.90. The van der Waals surface area contributed by atoms with Crippen molar-refractivity contribution in [1.29, 1.82) is 0 Å². The summed E-state index contributed by atoms with van der Waals surface area (Å²) in [7, 11) is 0. The van der Waals surface area contributed by atoms with Crippen LogP contribution in [-0.2, 0) is 0 Å². The summed E-state index contributed by atoms with van der Waals surface area (Å²) in [6.07, 6.45) is 0. The molecule has 0 rings (SSSR count). The van der Waals surface area contributed by atoms with Crippen LogP contribution in [0, 0.1) is 0 Å². The average molecular weight is 294 g/mol. The van der Waals surface area contributed by atoms with E-state index in [0.29, 0.717) is 0 Å². The molecule has 0 unspecified atom stereocenters. The van der Waals surface area contributed by atoms with Crippen molar-refractivity contribution >= 4 is 27.3 Å². The number of hydrogen-bond acceptors (Lipinski definition) is 0. The summed E-state index contributed by atoms with van der Waals surface area (Å²) in [6, 6.07) is 0. The van der Waals surface area contributed by atoms with Crippen LogP contribution in [-0.4, -0.2) is 54.7 Å². The van der Waals surface area contributed by atoms with Crippen LogP contribution in [0.2, 0.25) is 0 Å². The van der Waals surface area contributed by atoms with Crippen molar-refractivity contribution in [3.05, 3.63) is 0 Å². The van der Waals surface area contributed by atoms with Crippen molar-refractivity contribution in [3.8, 4) is 0 Å². The molecule has 0 bridgehead atoms. The molecule has 0 heterocycles. The Balaban J connectivity index is 0. The van der Waals surface area contributed by atoms with Gasteiger partial charge in [0.2, 0.25) is 0 Å². The van der Waals surface area contributed by atoms with Gasteiger partial charge in [0.15, 0.2) is 0 Å². The third-order valence-corrected chi connectivity index (χ3v) is 0. The smallest absolute Gasteiger partial charge is 0 e. The van der Waals surface area contributed by atoms with E-state index in [2.05, 4.69) is 0 Å². The SMILES string of the molecule is O.O.O.O.O.[Tl]. The van der Waals surface area contributed by atoms with Gasteiger partial charge in [-0.3, -0.25) is 0 Å². The fourth-order valence-electron chi connectivity index (χ4n) is 0. The molecule has 6 heteroatoms. The van der Waals surface area contributed by atoms with Gasteiger partial charge in [0, 0.05) is 27.3 Å². The largest absolute Gasteiger partial charge is 0.412 e. The summed E-state index contributed by atoms with van der Waals surface area (Å²) >= 11 is 0. The molecular formula is H10O5Tl. The Morgan fingerprint density at radius 3 is 0.333 bits per heavy atom. The van der Waals surface area contributed by atoms with Gasteiger partial charge in [0.1, 0.15) is 0 Å². The third kappa shape index (κ3) is 125. The van der Waals surface area contributed by atoms with E-state index in [1.54, 1.807) is 0 Å². The molecule has 0 amide bonds. The zero-order chi connectivity index (χ0) is 0. The standard InChI is InChI=1S/5H2O.Tl/h5*1H2;. The van der Waals surface area contributed by atoms with E-state index in [0.717, 1.165) is 0 Å². The van der Waals surface area contributed by atoms with E-state index in [9.17, 15) is 0 Å². The Labute approximate surface area is 55.1 Å². The van der Waals surface area contributed by atoms with E-state index >= 15 is 0 Å². The topological polar surface area (TPSA) is 158 Å². The summed E-state index contributed by atoms with van der Waals surface area (Å²) in [4.78, 5) is 0. The number of rotatable bonds is 0. The zero-order valence-corrected chi connectivity index (χ0v) is 7.57. The maximum Gasteiger partial charge on any atom is 0 e. The van der Waals surface area contributed by atoms with Crippen LogP contribution < -0.4 is 0 Å². The molecule has 0 atom stereocenters. The second-order valence-corrected chi connectivity index (χ2v) is 0. The van der Waals surface area contributed by atoms with Crippen LogP contribution in [0.25, 0.3) is 0 Å². The molecule has 1 radical (unpaired) electrons. The summed E-state index contributed by atoms with van der Waals surface area (Å²) in [5, 5.41) is 0. The van der Waals surface area contributed by atoms with Crippen LogP contribution in [0.5, 0.6) is 0 Å². The molecule has 43 valence electrons. The minimum atomic E-state index is 0. The van der Waals surface area contributed by atoms with Crippen molar-refractivity contribution in [2.75, 3.05) is 0 Å². The van der Waals surface area contributed by atoms with Crippen molar-refractivity contribution in [2.24, 2.45) is 0 Å². The van der Waals surface area contributed by atoms with Crippen LogP contribution in [0.3, 0.4) is 0 Å². The Morgan fingerprint density at radius 1 is 0.333 bits per heavy atom. The summed E-state index contributed by atoms with van der Waals surface area (Å²) in [5.41, 5.74) is 0. The zero-order valence-electron chi connectivity index (χ0n) is 3.08. The molecule has 5 nitrogen and oxygen atoms in total. The molecule has 0 aromatic rings. The Morgan fingerprint density at radius 2 is 0.333 bits per heavy atom. The normalized spacial score (nSPS) is 0. The second kappa shape index (κ2) is 245. The first-order valence-corrected chi connectivity index (χ1v) is 0. The average Bonchev–Trinajstić information content (AvgIpc) is 0. The fraction of sp³-hybridized carbons (Fsp3) is 0. The van der Waals surface area contributed by atoms with Gasteiger partial charge in [0.25, 0.3) is 0 Å². The maximum atomic E-state index is 0. The maximum absolute atomic E-state index is 0. The van der Waals surface area contributed by atoms with Gasteiger partial charge in [-0.25, -0.2) is 0 Å². The van der Waals surface area contributed by atoms with Crippen molar-refractivity contribution in [1.82, 2.24) is 0 Å². The van der Waals surface area contributed by atoms with Crippen LogP contribution >= 0.6 is 0 Å². The van der Waals surface area contributed by atoms with E-state index in [1.807, 2.05) is 0 Å². The summed E-state index contributed by atoms with van der Waals surface area (Å²) < 4.78 is 0. The molecule has 0 fully saturated rings. The molecular weight excluding hydrogens is 284 g/mol. The summed E-state index contributed by atoms with van der Waals surface area (Å²) in [6.45, 7) is 0. The van der Waals surface area contributed by atoms with Crippen molar-refractivity contribution in [3.63, 3.8) is 0 Å². The first-order chi connectivity index (χ1) is 0. The van der Waals surface area contributed by atoms with Gasteiger partial charge in [-0.15, -0.1) is 0 Å². The van der Waals surface area contributed by atoms with Crippen LogP contribution in [0.15, 0.2) is 0 Å². The van der Waals surface area contributed by atoms with E-state index in [1.165, 1.54) is 0 Å². The van der Waals surface area contributed by atoms with Crippen molar-refractivity contribution < 1.29 is 27.4 Å². The summed E-state index contributed by atoms with van der Waals surface area (Å²) in [5.74, 6) is 0. The van der Waals surface area contributed by atoms with Crippen LogP contribution in [0.4, 0.5) is 0 Å². The quantitative estimate of drug-likeness (QED) is 0.394. The molecule has 0 saturated heterocycles. The molecule has 10 N–H and O–H groups in total. The van der Waals surface area contributed by atoms with Gasteiger partial charge < -0.3 is 27.4 Å². The molecule has 0 aliphatic carbocycles. The first kappa shape index (κ1) is 422. The predicted molar refractivity (Wildman–Crippen MR) is 23.8 cm³/mol. The molecule has 0 spiro atoms. The fourth-order valence-corrected chi connectivity index (χ4v) is 0. The minimum Gasteiger partial charge on any atom is -0.412 e. The van der Waals surface area contributed by atoms with Crippen LogP contribution in [0.1, 0.15) is 0 Å². The van der Waals surface area contributed by atoms with E-state index < -0.39 is 0 Å². The van der Waals surface area contributed by atoms with Gasteiger partial charge in [-0.05, 0) is 0 Å². The molecule has 6 heavy (non-hydrogen) atoms. The molecule has 0 aliphatic rings. The Kier molecular flexibility index (Phi) is 17200. The van der Waals surface area contributed by atoms with E-state index in [4.69, 9.17) is 0 Å². The minimum absolute atomic E-state index is 0. The van der Waals surface area contributed by atoms with E-state index in [-0.39, 0.29) is 54.7 Å².